The third-order valence-corrected chi connectivity index (χ3v) is 2.56. The first-order valence-corrected chi connectivity index (χ1v) is 5.00. The van der Waals surface area contributed by atoms with Gasteiger partial charge in [0.2, 0.25) is 0 Å². The molecule has 0 aromatic heterocycles. The minimum absolute atomic E-state index is 0.189. The van der Waals surface area contributed by atoms with Gasteiger partial charge in [0.25, 0.3) is 0 Å². The van der Waals surface area contributed by atoms with Gasteiger partial charge < -0.3 is 4.74 Å². The predicted molar refractivity (Wildman–Crippen MR) is 57.1 cm³/mol. The molecule has 75 valence electrons. The highest BCUT2D eigenvalue weighted by atomic mass is 16.5. The van der Waals surface area contributed by atoms with Gasteiger partial charge in [0, 0.05) is 0 Å². The van der Waals surface area contributed by atoms with E-state index >= 15 is 0 Å². The van der Waals surface area contributed by atoms with Crippen LogP contribution in [0.25, 0.3) is 0 Å². The minimum Gasteiger partial charge on any atom is -0.478 e. The Kier molecular flexibility index (Phi) is 2.54. The summed E-state index contributed by atoms with van der Waals surface area (Å²) in [5.41, 5.74) is 0.189. The van der Waals surface area contributed by atoms with Crippen LogP contribution in [0.1, 0.15) is 20.8 Å². The molecule has 5 radical (unpaired) electrons. The molecule has 2 rings (SSSR count). The van der Waals surface area contributed by atoms with Crippen molar-refractivity contribution in [1.82, 2.24) is 0 Å². The molecule has 1 aliphatic carbocycles. The standard InChI is InChI=1S/C12H16NO/c1-12(2,3)10-8-14-11(13-10)9-6-4-5-7-9/h4-7,10H,8H2,1-3H3/t10-/m1/s1. The number of rotatable bonds is 1. The summed E-state index contributed by atoms with van der Waals surface area (Å²) in [6.07, 6.45) is 8.07. The molecule has 1 aliphatic heterocycles. The molecule has 2 nitrogen and oxygen atoms in total. The van der Waals surface area contributed by atoms with Gasteiger partial charge in [0.1, 0.15) is 6.61 Å². The van der Waals surface area contributed by atoms with E-state index in [1.165, 1.54) is 0 Å². The first-order valence-electron chi connectivity index (χ1n) is 5.00. The highest BCUT2D eigenvalue weighted by molar-refractivity contribution is 5.96. The highest BCUT2D eigenvalue weighted by Crippen LogP contribution is 2.32. The fourth-order valence-corrected chi connectivity index (χ4v) is 1.49. The van der Waals surface area contributed by atoms with E-state index in [-0.39, 0.29) is 11.5 Å². The monoisotopic (exact) mass is 190 g/mol. The molecule has 1 saturated carbocycles. The van der Waals surface area contributed by atoms with E-state index in [0.29, 0.717) is 6.61 Å². The van der Waals surface area contributed by atoms with Crippen LogP contribution in [0.4, 0.5) is 0 Å². The van der Waals surface area contributed by atoms with Crippen molar-refractivity contribution in [2.45, 2.75) is 26.8 Å². The number of hydrogen-bond donors (Lipinski definition) is 0. The maximum absolute atomic E-state index is 5.59. The number of aliphatic imine (C=N–C) groups is 1. The normalized spacial score (nSPS) is 29.1. The SMILES string of the molecule is CC(C)(C)[C@H]1COC([C]2[CH][CH][CH][CH]2)=N1. The molecule has 0 unspecified atom stereocenters. The van der Waals surface area contributed by atoms with Gasteiger partial charge in [-0.2, -0.15) is 0 Å². The quantitative estimate of drug-likeness (QED) is 0.621. The summed E-state index contributed by atoms with van der Waals surface area (Å²) in [4.78, 5) is 4.60. The van der Waals surface area contributed by atoms with Crippen molar-refractivity contribution in [3.8, 4) is 0 Å². The Labute approximate surface area is 86.8 Å². The van der Waals surface area contributed by atoms with Gasteiger partial charge in [-0.25, -0.2) is 4.99 Å². The van der Waals surface area contributed by atoms with Crippen molar-refractivity contribution in [3.05, 3.63) is 31.6 Å². The summed E-state index contributed by atoms with van der Waals surface area (Å²) in [7, 11) is 0. The van der Waals surface area contributed by atoms with Crippen molar-refractivity contribution in [2.75, 3.05) is 6.61 Å². The number of nitrogens with zero attached hydrogens (tertiary/aromatic N) is 1. The van der Waals surface area contributed by atoms with E-state index in [2.05, 4.69) is 25.8 Å². The average Bonchev–Trinajstić information content (AvgIpc) is 2.73. The molecule has 2 heteroatoms. The molecule has 0 saturated heterocycles. The lowest BCUT2D eigenvalue weighted by atomic mass is 9.88. The summed E-state index contributed by atoms with van der Waals surface area (Å²) in [6, 6.07) is 0.285. The fraction of sp³-hybridized carbons (Fsp3) is 0.500. The minimum atomic E-state index is 0.189. The molecule has 1 heterocycles. The van der Waals surface area contributed by atoms with E-state index in [1.807, 2.05) is 25.7 Å². The number of hydrogen-bond acceptors (Lipinski definition) is 2. The lowest BCUT2D eigenvalue weighted by Gasteiger charge is -2.21. The lowest BCUT2D eigenvalue weighted by molar-refractivity contribution is 0.235. The summed E-state index contributed by atoms with van der Waals surface area (Å²) < 4.78 is 5.59. The van der Waals surface area contributed by atoms with Crippen LogP contribution in [0.2, 0.25) is 0 Å². The molecule has 0 spiro atoms. The van der Waals surface area contributed by atoms with Crippen molar-refractivity contribution in [3.63, 3.8) is 0 Å². The van der Waals surface area contributed by atoms with Crippen LogP contribution in [-0.2, 0) is 4.74 Å². The molecule has 0 N–H and O–H groups in total. The predicted octanol–water partition coefficient (Wildman–Crippen LogP) is 2.24. The van der Waals surface area contributed by atoms with Crippen molar-refractivity contribution < 1.29 is 4.74 Å². The van der Waals surface area contributed by atoms with Gasteiger partial charge in [-0.15, -0.1) is 0 Å². The van der Waals surface area contributed by atoms with Crippen molar-refractivity contribution in [1.29, 1.82) is 0 Å². The van der Waals surface area contributed by atoms with Gasteiger partial charge in [-0.1, -0.05) is 20.8 Å². The fourth-order valence-electron chi connectivity index (χ4n) is 1.49. The molecule has 2 aliphatic rings. The van der Waals surface area contributed by atoms with Crippen molar-refractivity contribution >= 4 is 5.90 Å². The van der Waals surface area contributed by atoms with Gasteiger partial charge in [0.15, 0.2) is 5.90 Å². The summed E-state index contributed by atoms with van der Waals surface area (Å²) in [6.45, 7) is 7.29. The molecule has 1 fully saturated rings. The molecule has 0 amide bonds. The summed E-state index contributed by atoms with van der Waals surface area (Å²) in [5.74, 6) is 1.90. The Morgan fingerprint density at radius 3 is 2.43 bits per heavy atom. The third-order valence-electron chi connectivity index (χ3n) is 2.56. The van der Waals surface area contributed by atoms with E-state index in [0.717, 1.165) is 11.8 Å². The molecule has 14 heavy (non-hydrogen) atoms. The molecule has 1 atom stereocenters. The van der Waals surface area contributed by atoms with Crippen LogP contribution in [-0.4, -0.2) is 18.5 Å². The Bertz CT molecular complexity index is 233. The van der Waals surface area contributed by atoms with E-state index in [9.17, 15) is 0 Å². The topological polar surface area (TPSA) is 21.6 Å². The van der Waals surface area contributed by atoms with E-state index in [1.54, 1.807) is 0 Å². The van der Waals surface area contributed by atoms with E-state index in [4.69, 9.17) is 4.74 Å². The zero-order valence-electron chi connectivity index (χ0n) is 8.95. The molecule has 0 aromatic carbocycles. The average molecular weight is 190 g/mol. The Morgan fingerprint density at radius 2 is 1.93 bits per heavy atom. The molecular formula is C12H16NO. The maximum atomic E-state index is 5.59. The highest BCUT2D eigenvalue weighted by Gasteiger charge is 2.34. The Hall–Kier alpha value is -0.530. The van der Waals surface area contributed by atoms with Crippen molar-refractivity contribution in [2.24, 2.45) is 10.4 Å². The molecular weight excluding hydrogens is 174 g/mol. The van der Waals surface area contributed by atoms with Crippen LogP contribution in [0.15, 0.2) is 4.99 Å². The first-order chi connectivity index (χ1) is 6.57. The Balaban J connectivity index is 2.01. The summed E-state index contributed by atoms with van der Waals surface area (Å²) >= 11 is 0. The number of ether oxygens (including phenoxy) is 1. The lowest BCUT2D eigenvalue weighted by Crippen LogP contribution is -2.25. The van der Waals surface area contributed by atoms with Gasteiger partial charge in [0.05, 0.1) is 12.0 Å². The largest absolute Gasteiger partial charge is 0.478 e. The van der Waals surface area contributed by atoms with E-state index < -0.39 is 0 Å². The summed E-state index contributed by atoms with van der Waals surface area (Å²) in [5, 5.41) is 0. The Morgan fingerprint density at radius 1 is 1.29 bits per heavy atom. The smallest absolute Gasteiger partial charge is 0.191 e. The first kappa shape index (κ1) is 10.0. The van der Waals surface area contributed by atoms with Crippen LogP contribution in [0.5, 0.6) is 0 Å². The second-order valence-corrected chi connectivity index (χ2v) is 4.80. The van der Waals surface area contributed by atoms with Gasteiger partial charge in [-0.05, 0) is 31.1 Å². The second kappa shape index (κ2) is 3.56. The van der Waals surface area contributed by atoms with Crippen LogP contribution in [0.3, 0.4) is 0 Å². The second-order valence-electron chi connectivity index (χ2n) is 4.80. The third kappa shape index (κ3) is 1.94. The molecule has 0 bridgehead atoms. The van der Waals surface area contributed by atoms with Gasteiger partial charge in [-0.3, -0.25) is 0 Å². The zero-order valence-corrected chi connectivity index (χ0v) is 8.95. The molecule has 0 aromatic rings. The maximum Gasteiger partial charge on any atom is 0.191 e. The van der Waals surface area contributed by atoms with Gasteiger partial charge >= 0.3 is 0 Å². The van der Waals surface area contributed by atoms with Crippen LogP contribution >= 0.6 is 0 Å². The van der Waals surface area contributed by atoms with Crippen LogP contribution < -0.4 is 0 Å². The van der Waals surface area contributed by atoms with Crippen LogP contribution in [0, 0.1) is 37.0 Å². The zero-order chi connectivity index (χ0) is 10.2.